The third-order valence-electron chi connectivity index (χ3n) is 2.76. The molecule has 0 aliphatic heterocycles. The van der Waals surface area contributed by atoms with Crippen LogP contribution in [0.3, 0.4) is 0 Å². The van der Waals surface area contributed by atoms with Gasteiger partial charge in [0.1, 0.15) is 5.75 Å². The quantitative estimate of drug-likeness (QED) is 0.736. The Morgan fingerprint density at radius 2 is 1.88 bits per heavy atom. The van der Waals surface area contributed by atoms with Crippen molar-refractivity contribution in [2.75, 3.05) is 6.61 Å². The Hall–Kier alpha value is -1.58. The number of rotatable bonds is 3. The van der Waals surface area contributed by atoms with Crippen LogP contribution in [-0.2, 0) is 0 Å². The highest BCUT2D eigenvalue weighted by atomic mass is 16.3. The van der Waals surface area contributed by atoms with E-state index in [9.17, 15) is 5.11 Å². The van der Waals surface area contributed by atoms with Crippen LogP contribution >= 0.6 is 0 Å². The van der Waals surface area contributed by atoms with E-state index in [1.54, 1.807) is 6.07 Å². The fourth-order valence-corrected chi connectivity index (χ4v) is 1.96. The van der Waals surface area contributed by atoms with Crippen molar-refractivity contribution in [1.82, 2.24) is 0 Å². The van der Waals surface area contributed by atoms with Crippen molar-refractivity contribution in [2.45, 2.75) is 12.5 Å². The molecule has 0 saturated heterocycles. The van der Waals surface area contributed by atoms with E-state index in [2.05, 4.69) is 0 Å². The van der Waals surface area contributed by atoms with E-state index >= 15 is 0 Å². The van der Waals surface area contributed by atoms with E-state index in [0.29, 0.717) is 12.0 Å². The Bertz CT molecular complexity index is 496. The first-order valence-electron chi connectivity index (χ1n) is 5.31. The summed E-state index contributed by atoms with van der Waals surface area (Å²) >= 11 is 0. The highest BCUT2D eigenvalue weighted by Crippen LogP contribution is 2.32. The monoisotopic (exact) mass is 217 g/mol. The minimum atomic E-state index is -0.337. The number of aliphatic hydroxyl groups excluding tert-OH is 1. The summed E-state index contributed by atoms with van der Waals surface area (Å²) in [6.07, 6.45) is 0.446. The second kappa shape index (κ2) is 4.51. The molecule has 0 saturated carbocycles. The van der Waals surface area contributed by atoms with Crippen LogP contribution in [0.15, 0.2) is 36.4 Å². The number of aromatic hydroxyl groups is 1. The van der Waals surface area contributed by atoms with Gasteiger partial charge in [0.05, 0.1) is 0 Å². The second-order valence-corrected chi connectivity index (χ2v) is 3.84. The molecule has 0 amide bonds. The normalized spacial score (nSPS) is 12.9. The van der Waals surface area contributed by atoms with E-state index in [4.69, 9.17) is 10.8 Å². The zero-order valence-corrected chi connectivity index (χ0v) is 8.93. The lowest BCUT2D eigenvalue weighted by Crippen LogP contribution is -2.12. The first kappa shape index (κ1) is 10.9. The molecule has 84 valence electrons. The topological polar surface area (TPSA) is 66.5 Å². The number of aliphatic hydroxyl groups is 1. The molecule has 0 aromatic heterocycles. The van der Waals surface area contributed by atoms with Gasteiger partial charge in [-0.2, -0.15) is 0 Å². The zero-order chi connectivity index (χ0) is 11.5. The smallest absolute Gasteiger partial charge is 0.120 e. The van der Waals surface area contributed by atoms with Gasteiger partial charge in [-0.05, 0) is 23.3 Å². The molecule has 0 unspecified atom stereocenters. The van der Waals surface area contributed by atoms with E-state index < -0.39 is 0 Å². The number of phenolic OH excluding ortho intramolecular Hbond substituents is 1. The fraction of sp³-hybridized carbons (Fsp3) is 0.231. The average molecular weight is 217 g/mol. The summed E-state index contributed by atoms with van der Waals surface area (Å²) < 4.78 is 0. The molecule has 0 radical (unpaired) electrons. The molecule has 0 heterocycles. The molecule has 0 aliphatic rings. The molecule has 4 N–H and O–H groups in total. The van der Waals surface area contributed by atoms with E-state index in [1.165, 1.54) is 0 Å². The summed E-state index contributed by atoms with van der Waals surface area (Å²) in [5.41, 5.74) is 6.67. The molecule has 2 rings (SSSR count). The average Bonchev–Trinajstić information content (AvgIpc) is 2.29. The predicted molar refractivity (Wildman–Crippen MR) is 64.2 cm³/mol. The van der Waals surface area contributed by atoms with Crippen LogP contribution in [0, 0.1) is 0 Å². The van der Waals surface area contributed by atoms with Gasteiger partial charge in [-0.3, -0.25) is 0 Å². The van der Waals surface area contributed by atoms with Crippen molar-refractivity contribution in [3.8, 4) is 5.75 Å². The number of nitrogens with two attached hydrogens (primary N) is 1. The Morgan fingerprint density at radius 1 is 1.12 bits per heavy atom. The number of benzene rings is 2. The summed E-state index contributed by atoms with van der Waals surface area (Å²) in [6.45, 7) is 0.0177. The number of phenols is 1. The van der Waals surface area contributed by atoms with Crippen LogP contribution < -0.4 is 5.73 Å². The van der Waals surface area contributed by atoms with Crippen LogP contribution in [0.1, 0.15) is 18.0 Å². The van der Waals surface area contributed by atoms with E-state index in [1.807, 2.05) is 30.3 Å². The highest BCUT2D eigenvalue weighted by Gasteiger charge is 2.13. The maximum absolute atomic E-state index is 9.84. The van der Waals surface area contributed by atoms with Crippen molar-refractivity contribution < 1.29 is 10.2 Å². The third-order valence-corrected chi connectivity index (χ3v) is 2.76. The van der Waals surface area contributed by atoms with Gasteiger partial charge in [-0.25, -0.2) is 0 Å². The molecule has 16 heavy (non-hydrogen) atoms. The number of fused-ring (bicyclic) bond motifs is 1. The van der Waals surface area contributed by atoms with Gasteiger partial charge in [0.15, 0.2) is 0 Å². The molecule has 3 heteroatoms. The first-order chi connectivity index (χ1) is 7.74. The van der Waals surface area contributed by atoms with Gasteiger partial charge < -0.3 is 15.9 Å². The second-order valence-electron chi connectivity index (χ2n) is 3.84. The molecule has 1 atom stereocenters. The lowest BCUT2D eigenvalue weighted by atomic mass is 9.96. The molecule has 0 spiro atoms. The van der Waals surface area contributed by atoms with Gasteiger partial charge in [-0.15, -0.1) is 0 Å². The lowest BCUT2D eigenvalue weighted by Gasteiger charge is -2.15. The van der Waals surface area contributed by atoms with Crippen molar-refractivity contribution >= 4 is 10.8 Å². The molecular weight excluding hydrogens is 202 g/mol. The predicted octanol–water partition coefficient (Wildman–Crippen LogP) is 1.93. The summed E-state index contributed by atoms with van der Waals surface area (Å²) in [5.74, 6) is 0.194. The fourth-order valence-electron chi connectivity index (χ4n) is 1.96. The minimum Gasteiger partial charge on any atom is -0.508 e. The van der Waals surface area contributed by atoms with Crippen molar-refractivity contribution in [3.05, 3.63) is 42.0 Å². The summed E-state index contributed by atoms with van der Waals surface area (Å²) in [4.78, 5) is 0. The van der Waals surface area contributed by atoms with Crippen LogP contribution in [0.5, 0.6) is 5.75 Å². The Labute approximate surface area is 94.1 Å². The molecule has 0 fully saturated rings. The van der Waals surface area contributed by atoms with Gasteiger partial charge in [-0.1, -0.05) is 30.3 Å². The zero-order valence-electron chi connectivity index (χ0n) is 8.93. The Balaban J connectivity index is 2.61. The van der Waals surface area contributed by atoms with Gasteiger partial charge >= 0.3 is 0 Å². The first-order valence-corrected chi connectivity index (χ1v) is 5.31. The van der Waals surface area contributed by atoms with E-state index in [0.717, 1.165) is 10.8 Å². The Kier molecular flexibility index (Phi) is 3.08. The number of hydrogen-bond acceptors (Lipinski definition) is 3. The largest absolute Gasteiger partial charge is 0.508 e. The molecule has 2 aromatic carbocycles. The minimum absolute atomic E-state index is 0.0177. The molecule has 0 aliphatic carbocycles. The van der Waals surface area contributed by atoms with Gasteiger partial charge in [0.25, 0.3) is 0 Å². The standard InChI is InChI=1S/C13H15NO2/c14-11(7-8-15)13-10-4-2-1-3-9(10)5-6-12(13)16/h1-6,11,15-16H,7-8,14H2/t11-/m0/s1. The number of hydrogen-bond donors (Lipinski definition) is 3. The maximum Gasteiger partial charge on any atom is 0.120 e. The van der Waals surface area contributed by atoms with E-state index in [-0.39, 0.29) is 18.4 Å². The lowest BCUT2D eigenvalue weighted by molar-refractivity contribution is 0.276. The van der Waals surface area contributed by atoms with Crippen LogP contribution in [-0.4, -0.2) is 16.8 Å². The summed E-state index contributed by atoms with van der Waals surface area (Å²) in [5, 5.41) is 20.7. The van der Waals surface area contributed by atoms with Gasteiger partial charge in [0.2, 0.25) is 0 Å². The summed E-state index contributed by atoms with van der Waals surface area (Å²) in [7, 11) is 0. The molecule has 2 aromatic rings. The Morgan fingerprint density at radius 3 is 2.62 bits per heavy atom. The van der Waals surface area contributed by atoms with Gasteiger partial charge in [0, 0.05) is 18.2 Å². The van der Waals surface area contributed by atoms with Crippen molar-refractivity contribution in [3.63, 3.8) is 0 Å². The third kappa shape index (κ3) is 1.87. The van der Waals surface area contributed by atoms with Crippen LogP contribution in [0.25, 0.3) is 10.8 Å². The summed E-state index contributed by atoms with van der Waals surface area (Å²) in [6, 6.07) is 10.9. The SMILES string of the molecule is N[C@@H](CCO)c1c(O)ccc2ccccc12. The van der Waals surface area contributed by atoms with Crippen LogP contribution in [0.4, 0.5) is 0 Å². The molecule has 3 nitrogen and oxygen atoms in total. The highest BCUT2D eigenvalue weighted by molar-refractivity contribution is 5.88. The van der Waals surface area contributed by atoms with Crippen LogP contribution in [0.2, 0.25) is 0 Å². The van der Waals surface area contributed by atoms with Crippen molar-refractivity contribution in [2.24, 2.45) is 5.73 Å². The molecular formula is C13H15NO2. The van der Waals surface area contributed by atoms with Crippen molar-refractivity contribution in [1.29, 1.82) is 0 Å². The maximum atomic E-state index is 9.84. The molecule has 0 bridgehead atoms.